The Balaban J connectivity index is 1.65. The smallest absolute Gasteiger partial charge is 0.282 e. The fourth-order valence-corrected chi connectivity index (χ4v) is 2.48. The summed E-state index contributed by atoms with van der Waals surface area (Å²) >= 11 is 0. The first-order chi connectivity index (χ1) is 12.2. The molecular weight excluding hydrogens is 326 g/mol. The predicted octanol–water partition coefficient (Wildman–Crippen LogP) is 2.71. The fraction of sp³-hybridized carbons (Fsp3) is 0.0625. The van der Waals surface area contributed by atoms with Crippen LogP contribution in [-0.2, 0) is 0 Å². The summed E-state index contributed by atoms with van der Waals surface area (Å²) in [6.07, 6.45) is 2.98. The van der Waals surface area contributed by atoms with Crippen molar-refractivity contribution in [1.29, 1.82) is 0 Å². The molecule has 3 aromatic rings. The predicted molar refractivity (Wildman–Crippen MR) is 90.0 cm³/mol. The van der Waals surface area contributed by atoms with Crippen molar-refractivity contribution in [2.45, 2.75) is 0 Å². The molecule has 1 aliphatic heterocycles. The highest BCUT2D eigenvalue weighted by molar-refractivity contribution is 5.92. The number of hydrogen-bond donors (Lipinski definition) is 1. The van der Waals surface area contributed by atoms with Crippen LogP contribution in [0.5, 0.6) is 11.5 Å². The number of nitro groups is 1. The molecule has 0 radical (unpaired) electrons. The van der Waals surface area contributed by atoms with Gasteiger partial charge in [-0.05, 0) is 6.07 Å². The van der Waals surface area contributed by atoms with Gasteiger partial charge < -0.3 is 9.47 Å². The van der Waals surface area contributed by atoms with Crippen LogP contribution in [0.3, 0.4) is 0 Å². The number of anilines is 1. The Labute approximate surface area is 141 Å². The molecule has 9 heteroatoms. The minimum atomic E-state index is -0.499. The highest BCUT2D eigenvalue weighted by Gasteiger charge is 2.22. The van der Waals surface area contributed by atoms with E-state index in [0.717, 1.165) is 10.8 Å². The Morgan fingerprint density at radius 3 is 2.88 bits per heavy atom. The van der Waals surface area contributed by atoms with E-state index in [-0.39, 0.29) is 18.0 Å². The van der Waals surface area contributed by atoms with Gasteiger partial charge >= 0.3 is 0 Å². The highest BCUT2D eigenvalue weighted by atomic mass is 16.7. The van der Waals surface area contributed by atoms with Gasteiger partial charge in [-0.3, -0.25) is 15.5 Å². The third-order valence-corrected chi connectivity index (χ3v) is 3.66. The third-order valence-electron chi connectivity index (χ3n) is 3.66. The van der Waals surface area contributed by atoms with Crippen LogP contribution in [-0.4, -0.2) is 28.1 Å². The number of hydrogen-bond acceptors (Lipinski definition) is 8. The molecule has 0 saturated heterocycles. The van der Waals surface area contributed by atoms with Crippen LogP contribution in [0.15, 0.2) is 47.7 Å². The van der Waals surface area contributed by atoms with Crippen molar-refractivity contribution in [3.05, 3.63) is 58.3 Å². The van der Waals surface area contributed by atoms with E-state index in [1.165, 1.54) is 18.3 Å². The van der Waals surface area contributed by atoms with E-state index < -0.39 is 4.92 Å². The monoisotopic (exact) mass is 337 g/mol. The van der Waals surface area contributed by atoms with E-state index in [4.69, 9.17) is 9.47 Å². The highest BCUT2D eigenvalue weighted by Crippen LogP contribution is 2.37. The molecule has 1 N–H and O–H groups in total. The number of nitrogens with one attached hydrogen (secondary N) is 1. The second-order valence-electron chi connectivity index (χ2n) is 5.17. The van der Waals surface area contributed by atoms with E-state index in [9.17, 15) is 10.1 Å². The van der Waals surface area contributed by atoms with Crippen LogP contribution < -0.4 is 14.9 Å². The van der Waals surface area contributed by atoms with Gasteiger partial charge in [0.15, 0.2) is 17.3 Å². The molecule has 0 bridgehead atoms. The first-order valence-corrected chi connectivity index (χ1v) is 7.30. The summed E-state index contributed by atoms with van der Waals surface area (Å²) < 4.78 is 10.4. The molecule has 25 heavy (non-hydrogen) atoms. The van der Waals surface area contributed by atoms with Gasteiger partial charge in [0.1, 0.15) is 0 Å². The minimum absolute atomic E-state index is 0.0386. The summed E-state index contributed by atoms with van der Waals surface area (Å²) in [5.41, 5.74) is 2.93. The van der Waals surface area contributed by atoms with Gasteiger partial charge in [0.05, 0.1) is 29.0 Å². The van der Waals surface area contributed by atoms with Crippen LogP contribution in [0, 0.1) is 10.1 Å². The molecule has 0 amide bonds. The SMILES string of the molecule is O=[N+]([O-])c1cc2c(cc1/C=N\Nc1nncc3ccccc13)OCO2. The lowest BCUT2D eigenvalue weighted by atomic mass is 10.1. The zero-order chi connectivity index (χ0) is 17.2. The molecule has 124 valence electrons. The standard InChI is InChI=1S/C16H11N5O4/c22-21(23)13-6-15-14(24-9-25-15)5-11(13)8-18-20-16-12-4-2-1-3-10(12)7-17-19-16/h1-8H,9H2,(H,19,20)/b18-8-. The quantitative estimate of drug-likeness (QED) is 0.442. The average Bonchev–Trinajstić information content (AvgIpc) is 3.08. The Hall–Kier alpha value is -3.75. The molecule has 0 saturated carbocycles. The normalized spacial score (nSPS) is 12.6. The van der Waals surface area contributed by atoms with Crippen LogP contribution in [0.25, 0.3) is 10.8 Å². The molecule has 0 spiro atoms. The van der Waals surface area contributed by atoms with Crippen LogP contribution in [0.4, 0.5) is 11.5 Å². The number of fused-ring (bicyclic) bond motifs is 2. The maximum absolute atomic E-state index is 11.2. The molecule has 2 aromatic carbocycles. The molecule has 0 fully saturated rings. The number of benzene rings is 2. The zero-order valence-corrected chi connectivity index (χ0v) is 12.7. The van der Waals surface area contributed by atoms with Crippen molar-refractivity contribution in [2.75, 3.05) is 12.2 Å². The number of hydrazone groups is 1. The van der Waals surface area contributed by atoms with Crippen molar-refractivity contribution < 1.29 is 14.4 Å². The number of rotatable bonds is 4. The molecule has 0 atom stereocenters. The van der Waals surface area contributed by atoms with Crippen molar-refractivity contribution in [2.24, 2.45) is 5.10 Å². The third kappa shape index (κ3) is 2.78. The second kappa shape index (κ2) is 6.04. The first-order valence-electron chi connectivity index (χ1n) is 7.30. The molecular formula is C16H11N5O4. The van der Waals surface area contributed by atoms with Crippen LogP contribution in [0.2, 0.25) is 0 Å². The maximum atomic E-state index is 11.2. The van der Waals surface area contributed by atoms with E-state index in [1.807, 2.05) is 24.3 Å². The van der Waals surface area contributed by atoms with Gasteiger partial charge in [0, 0.05) is 10.8 Å². The lowest BCUT2D eigenvalue weighted by Crippen LogP contribution is -1.99. The molecule has 1 aromatic heterocycles. The largest absolute Gasteiger partial charge is 0.454 e. The molecule has 0 unspecified atom stereocenters. The average molecular weight is 337 g/mol. The molecule has 9 nitrogen and oxygen atoms in total. The molecule has 2 heterocycles. The summed E-state index contributed by atoms with van der Waals surface area (Å²) in [5, 5.41) is 24.9. The van der Waals surface area contributed by atoms with Crippen LogP contribution in [0.1, 0.15) is 5.56 Å². The van der Waals surface area contributed by atoms with E-state index in [0.29, 0.717) is 17.3 Å². The van der Waals surface area contributed by atoms with Gasteiger partial charge in [-0.1, -0.05) is 24.3 Å². The number of nitrogens with zero attached hydrogens (tertiary/aromatic N) is 4. The zero-order valence-electron chi connectivity index (χ0n) is 12.7. The summed E-state index contributed by atoms with van der Waals surface area (Å²) in [4.78, 5) is 10.7. The van der Waals surface area contributed by atoms with Crippen molar-refractivity contribution in [3.8, 4) is 11.5 Å². The maximum Gasteiger partial charge on any atom is 0.282 e. The van der Waals surface area contributed by atoms with E-state index >= 15 is 0 Å². The number of ether oxygens (including phenoxy) is 2. The Morgan fingerprint density at radius 2 is 2.04 bits per heavy atom. The van der Waals surface area contributed by atoms with Crippen molar-refractivity contribution in [3.63, 3.8) is 0 Å². The summed E-state index contributed by atoms with van der Waals surface area (Å²) in [6, 6.07) is 10.4. The van der Waals surface area contributed by atoms with E-state index in [2.05, 4.69) is 20.7 Å². The van der Waals surface area contributed by atoms with Gasteiger partial charge in [-0.25, -0.2) is 0 Å². The van der Waals surface area contributed by atoms with Crippen LogP contribution >= 0.6 is 0 Å². The fourth-order valence-electron chi connectivity index (χ4n) is 2.48. The molecule has 1 aliphatic rings. The van der Waals surface area contributed by atoms with Gasteiger partial charge in [-0.2, -0.15) is 10.2 Å². The Morgan fingerprint density at radius 1 is 1.24 bits per heavy atom. The number of aromatic nitrogens is 2. The first kappa shape index (κ1) is 14.8. The molecule has 4 rings (SSSR count). The van der Waals surface area contributed by atoms with Gasteiger partial charge in [0.2, 0.25) is 6.79 Å². The van der Waals surface area contributed by atoms with Crippen molar-refractivity contribution >= 4 is 28.5 Å². The van der Waals surface area contributed by atoms with E-state index in [1.54, 1.807) is 6.20 Å². The van der Waals surface area contributed by atoms with Gasteiger partial charge in [-0.15, -0.1) is 5.10 Å². The second-order valence-corrected chi connectivity index (χ2v) is 5.17. The van der Waals surface area contributed by atoms with Crippen molar-refractivity contribution in [1.82, 2.24) is 10.2 Å². The summed E-state index contributed by atoms with van der Waals surface area (Å²) in [5.74, 6) is 1.24. The Kier molecular flexibility index (Phi) is 3.58. The van der Waals surface area contributed by atoms with Gasteiger partial charge in [0.25, 0.3) is 5.69 Å². The summed E-state index contributed by atoms with van der Waals surface area (Å²) in [6.45, 7) is 0.0386. The minimum Gasteiger partial charge on any atom is -0.454 e. The lowest BCUT2D eigenvalue weighted by Gasteiger charge is -2.03. The summed E-state index contributed by atoms with van der Waals surface area (Å²) in [7, 11) is 0. The topological polar surface area (TPSA) is 112 Å². The number of nitro benzene ring substituents is 1. The Bertz CT molecular complexity index is 1000. The lowest BCUT2D eigenvalue weighted by molar-refractivity contribution is -0.385. The molecule has 0 aliphatic carbocycles.